The molecule has 34 heavy (non-hydrogen) atoms. The van der Waals surface area contributed by atoms with E-state index in [1.807, 2.05) is 16.6 Å². The molecule has 1 atom stereocenters. The van der Waals surface area contributed by atoms with Crippen LogP contribution >= 0.6 is 0 Å². The first-order valence-electron chi connectivity index (χ1n) is 12.2. The highest BCUT2D eigenvalue weighted by Gasteiger charge is 2.27. The van der Waals surface area contributed by atoms with Gasteiger partial charge in [0.25, 0.3) is 0 Å². The molecule has 3 heterocycles. The predicted octanol–water partition coefficient (Wildman–Crippen LogP) is 5.81. The van der Waals surface area contributed by atoms with Crippen molar-refractivity contribution in [2.24, 2.45) is 0 Å². The van der Waals surface area contributed by atoms with Gasteiger partial charge in [-0.2, -0.15) is 5.10 Å². The first kappa shape index (κ1) is 22.5. The van der Waals surface area contributed by atoms with Crippen LogP contribution in [0.2, 0.25) is 0 Å². The molecule has 0 saturated carbocycles. The highest BCUT2D eigenvalue weighted by Crippen LogP contribution is 2.35. The van der Waals surface area contributed by atoms with Gasteiger partial charge < -0.3 is 10.0 Å². The molecule has 0 aliphatic carbocycles. The summed E-state index contributed by atoms with van der Waals surface area (Å²) < 4.78 is 16.1. The van der Waals surface area contributed by atoms with Crippen LogP contribution in [-0.4, -0.2) is 38.9 Å². The summed E-state index contributed by atoms with van der Waals surface area (Å²) in [4.78, 5) is 7.29. The lowest BCUT2D eigenvalue weighted by atomic mass is 10.0. The number of hydrogen-bond donors (Lipinski definition) is 1. The average Bonchev–Trinajstić information content (AvgIpc) is 3.47. The van der Waals surface area contributed by atoms with Crippen molar-refractivity contribution in [3.63, 3.8) is 0 Å². The third-order valence-corrected chi connectivity index (χ3v) is 6.76. The number of nitrogens with zero attached hydrogens (tertiary/aromatic N) is 4. The second-order valence-corrected chi connectivity index (χ2v) is 9.21. The van der Waals surface area contributed by atoms with E-state index < -0.39 is 0 Å². The maximum absolute atomic E-state index is 14.2. The zero-order chi connectivity index (χ0) is 23.7. The van der Waals surface area contributed by atoms with Gasteiger partial charge in [0.2, 0.25) is 0 Å². The van der Waals surface area contributed by atoms with E-state index in [1.165, 1.54) is 11.6 Å². The number of aliphatic hydroxyl groups is 1. The Labute approximate surface area is 199 Å². The SMILES string of the molecule is CCCCc1nn2c(-c3cccc(F)c3)cc(N3CCCC3CO)nc2c1-c1ccc(C)cc1. The van der Waals surface area contributed by atoms with E-state index in [9.17, 15) is 9.50 Å². The molecule has 2 aromatic carbocycles. The minimum Gasteiger partial charge on any atom is -0.394 e. The topological polar surface area (TPSA) is 53.7 Å². The molecule has 1 fully saturated rings. The van der Waals surface area contributed by atoms with Gasteiger partial charge in [-0.15, -0.1) is 0 Å². The van der Waals surface area contributed by atoms with Crippen LogP contribution in [0.1, 0.15) is 43.9 Å². The Morgan fingerprint density at radius 3 is 2.65 bits per heavy atom. The second kappa shape index (κ2) is 9.55. The van der Waals surface area contributed by atoms with Crippen molar-refractivity contribution >= 4 is 11.5 Å². The van der Waals surface area contributed by atoms with Gasteiger partial charge in [-0.05, 0) is 50.3 Å². The molecular formula is C28H31FN4O. The van der Waals surface area contributed by atoms with Crippen molar-refractivity contribution < 1.29 is 9.50 Å². The number of benzene rings is 2. The van der Waals surface area contributed by atoms with Gasteiger partial charge in [0.05, 0.1) is 24.0 Å². The van der Waals surface area contributed by atoms with E-state index in [1.54, 1.807) is 12.1 Å². The molecule has 0 spiro atoms. The molecule has 1 aliphatic heterocycles. The lowest BCUT2D eigenvalue weighted by molar-refractivity contribution is 0.266. The molecule has 0 amide bonds. The summed E-state index contributed by atoms with van der Waals surface area (Å²) in [7, 11) is 0. The van der Waals surface area contributed by atoms with E-state index in [-0.39, 0.29) is 18.5 Å². The normalized spacial score (nSPS) is 16.0. The number of rotatable bonds is 7. The molecule has 2 aromatic heterocycles. The fourth-order valence-corrected chi connectivity index (χ4v) is 4.91. The smallest absolute Gasteiger partial charge is 0.166 e. The van der Waals surface area contributed by atoms with Crippen LogP contribution in [0.25, 0.3) is 28.0 Å². The van der Waals surface area contributed by atoms with Crippen LogP contribution < -0.4 is 4.90 Å². The quantitative estimate of drug-likeness (QED) is 0.379. The van der Waals surface area contributed by atoms with Crippen LogP contribution in [0.4, 0.5) is 10.2 Å². The molecular weight excluding hydrogens is 427 g/mol. The highest BCUT2D eigenvalue weighted by atomic mass is 19.1. The predicted molar refractivity (Wildman–Crippen MR) is 135 cm³/mol. The third kappa shape index (κ3) is 4.18. The van der Waals surface area contributed by atoms with Crippen molar-refractivity contribution in [1.82, 2.24) is 14.6 Å². The molecule has 5 nitrogen and oxygen atoms in total. The maximum atomic E-state index is 14.2. The van der Waals surface area contributed by atoms with Gasteiger partial charge in [-0.1, -0.05) is 55.3 Å². The number of unbranched alkanes of at least 4 members (excludes halogenated alkanes) is 1. The zero-order valence-electron chi connectivity index (χ0n) is 19.8. The molecule has 4 aromatic rings. The summed E-state index contributed by atoms with van der Waals surface area (Å²) in [5.74, 6) is 0.522. The Kier molecular flexibility index (Phi) is 6.33. The van der Waals surface area contributed by atoms with Crippen LogP contribution in [0.3, 0.4) is 0 Å². The number of hydrogen-bond acceptors (Lipinski definition) is 4. The van der Waals surface area contributed by atoms with Gasteiger partial charge in [-0.25, -0.2) is 13.9 Å². The molecule has 1 aliphatic rings. The summed E-state index contributed by atoms with van der Waals surface area (Å²) in [5.41, 5.74) is 6.66. The van der Waals surface area contributed by atoms with Crippen LogP contribution in [0.5, 0.6) is 0 Å². The summed E-state index contributed by atoms with van der Waals surface area (Å²) in [6, 6.07) is 17.2. The summed E-state index contributed by atoms with van der Waals surface area (Å²) in [6.45, 7) is 5.19. The maximum Gasteiger partial charge on any atom is 0.166 e. The zero-order valence-corrected chi connectivity index (χ0v) is 19.8. The largest absolute Gasteiger partial charge is 0.394 e. The molecule has 5 rings (SSSR count). The number of aromatic nitrogens is 3. The summed E-state index contributed by atoms with van der Waals surface area (Å²) in [5, 5.41) is 15.0. The van der Waals surface area contributed by atoms with E-state index >= 15 is 0 Å². The van der Waals surface area contributed by atoms with Gasteiger partial charge in [-0.3, -0.25) is 0 Å². The molecule has 0 bridgehead atoms. The molecule has 6 heteroatoms. The number of aliphatic hydroxyl groups excluding tert-OH is 1. The van der Waals surface area contributed by atoms with Crippen LogP contribution in [-0.2, 0) is 6.42 Å². The van der Waals surface area contributed by atoms with Crippen LogP contribution in [0.15, 0.2) is 54.6 Å². The van der Waals surface area contributed by atoms with Gasteiger partial charge in [0.15, 0.2) is 5.65 Å². The Hall–Kier alpha value is -3.25. The van der Waals surface area contributed by atoms with E-state index in [2.05, 4.69) is 43.0 Å². The number of anilines is 1. The highest BCUT2D eigenvalue weighted by molar-refractivity contribution is 5.83. The van der Waals surface area contributed by atoms with Gasteiger partial charge in [0.1, 0.15) is 11.6 Å². The first-order chi connectivity index (χ1) is 16.6. The van der Waals surface area contributed by atoms with E-state index in [0.717, 1.165) is 78.2 Å². The van der Waals surface area contributed by atoms with Gasteiger partial charge >= 0.3 is 0 Å². The van der Waals surface area contributed by atoms with Crippen molar-refractivity contribution in [2.45, 2.75) is 52.0 Å². The van der Waals surface area contributed by atoms with E-state index in [0.29, 0.717) is 0 Å². The molecule has 1 N–H and O–H groups in total. The standard InChI is InChI=1S/C28H31FN4O/c1-3-4-10-24-27(20-13-11-19(2)12-14-20)28-30-26(32-15-6-9-23(32)18-34)17-25(33(28)31-24)21-7-5-8-22(29)16-21/h5,7-8,11-14,16-17,23,34H,3-4,6,9-10,15,18H2,1-2H3. The lowest BCUT2D eigenvalue weighted by Gasteiger charge is -2.25. The monoisotopic (exact) mass is 458 g/mol. The van der Waals surface area contributed by atoms with Gasteiger partial charge in [0, 0.05) is 23.7 Å². The fraction of sp³-hybridized carbons (Fsp3) is 0.357. The summed E-state index contributed by atoms with van der Waals surface area (Å²) >= 11 is 0. The Morgan fingerprint density at radius 2 is 1.91 bits per heavy atom. The fourth-order valence-electron chi connectivity index (χ4n) is 4.91. The Morgan fingerprint density at radius 1 is 1.09 bits per heavy atom. The molecule has 1 unspecified atom stereocenters. The third-order valence-electron chi connectivity index (χ3n) is 6.76. The molecule has 0 radical (unpaired) electrons. The summed E-state index contributed by atoms with van der Waals surface area (Å²) in [6.07, 6.45) is 4.90. The van der Waals surface area contributed by atoms with Crippen molar-refractivity contribution in [3.8, 4) is 22.4 Å². The molecule has 176 valence electrons. The lowest BCUT2D eigenvalue weighted by Crippen LogP contribution is -2.32. The minimum atomic E-state index is -0.282. The Bertz CT molecular complexity index is 1300. The number of aryl methyl sites for hydroxylation is 2. The number of halogens is 1. The van der Waals surface area contributed by atoms with Crippen molar-refractivity contribution in [2.75, 3.05) is 18.1 Å². The Balaban J connectivity index is 1.79. The van der Waals surface area contributed by atoms with Crippen molar-refractivity contribution in [1.29, 1.82) is 0 Å². The minimum absolute atomic E-state index is 0.0422. The van der Waals surface area contributed by atoms with Crippen LogP contribution in [0, 0.1) is 12.7 Å². The average molecular weight is 459 g/mol. The van der Waals surface area contributed by atoms with E-state index in [4.69, 9.17) is 10.1 Å². The first-order valence-corrected chi connectivity index (χ1v) is 12.2. The number of fused-ring (bicyclic) bond motifs is 1. The molecule has 1 saturated heterocycles. The van der Waals surface area contributed by atoms with Crippen molar-refractivity contribution in [3.05, 3.63) is 71.7 Å². The second-order valence-electron chi connectivity index (χ2n) is 9.21.